The molecule has 3 amide bonds. The molecule has 3 aromatic carbocycles. The molecule has 13 heteroatoms. The fourth-order valence-corrected chi connectivity index (χ4v) is 7.43. The van der Waals surface area contributed by atoms with E-state index in [0.29, 0.717) is 44.5 Å². The molecular formula is C39H47ClF2N4O6. The van der Waals surface area contributed by atoms with Crippen LogP contribution < -0.4 is 31.2 Å². The Morgan fingerprint density at radius 1 is 1.00 bits per heavy atom. The molecule has 1 aliphatic carbocycles. The predicted octanol–water partition coefficient (Wildman–Crippen LogP) is 6.96. The molecular weight excluding hydrogens is 694 g/mol. The zero-order valence-corrected chi connectivity index (χ0v) is 30.9. The van der Waals surface area contributed by atoms with Gasteiger partial charge in [0.25, 0.3) is 0 Å². The lowest BCUT2D eigenvalue weighted by Gasteiger charge is -2.37. The van der Waals surface area contributed by atoms with Gasteiger partial charge in [-0.1, -0.05) is 48.9 Å². The van der Waals surface area contributed by atoms with Crippen LogP contribution in [0.1, 0.15) is 87.2 Å². The zero-order chi connectivity index (χ0) is 37.8. The van der Waals surface area contributed by atoms with Gasteiger partial charge in [0.1, 0.15) is 17.2 Å². The lowest BCUT2D eigenvalue weighted by molar-refractivity contribution is -0.126. The van der Waals surface area contributed by atoms with Gasteiger partial charge in [-0.2, -0.15) is 0 Å². The molecule has 5 rings (SSSR count). The SMILES string of the molecule is COc1ccc(C(N)=O)c(-c2c(Cl)c(F)cc3c2[C@H](C)[C@@](CNC2CCC(C(=O)NCCCNC(=O)OC(C)(C)C)CC2)(c2ccccc2)O3)c1F. The Morgan fingerprint density at radius 2 is 1.67 bits per heavy atom. The average Bonchev–Trinajstić information content (AvgIpc) is 3.38. The van der Waals surface area contributed by atoms with Gasteiger partial charge in [-0.05, 0) is 70.6 Å². The van der Waals surface area contributed by atoms with Crippen molar-refractivity contribution in [3.8, 4) is 22.6 Å². The average molecular weight is 741 g/mol. The Kier molecular flexibility index (Phi) is 12.0. The molecule has 10 nitrogen and oxygen atoms in total. The maximum Gasteiger partial charge on any atom is 0.407 e. The third-order valence-electron chi connectivity index (χ3n) is 9.82. The molecule has 0 radical (unpaired) electrons. The summed E-state index contributed by atoms with van der Waals surface area (Å²) in [6.45, 7) is 8.43. The number of carbonyl (C=O) groups excluding carboxylic acids is 3. The van der Waals surface area contributed by atoms with E-state index in [1.165, 1.54) is 25.3 Å². The Hall–Kier alpha value is -4.42. The van der Waals surface area contributed by atoms with Crippen LogP contribution in [0.15, 0.2) is 48.5 Å². The van der Waals surface area contributed by atoms with E-state index in [4.69, 9.17) is 31.5 Å². The first-order valence-electron chi connectivity index (χ1n) is 17.6. The molecule has 2 atom stereocenters. The van der Waals surface area contributed by atoms with Crippen LogP contribution in [0, 0.1) is 17.6 Å². The lowest BCUT2D eigenvalue weighted by Crippen LogP contribution is -2.48. The Labute approximate surface area is 308 Å². The van der Waals surface area contributed by atoms with Crippen LogP contribution in [-0.2, 0) is 15.1 Å². The number of nitrogens with two attached hydrogens (primary N) is 1. The summed E-state index contributed by atoms with van der Waals surface area (Å²) in [5.41, 5.74) is 4.84. The van der Waals surface area contributed by atoms with Crippen molar-refractivity contribution in [3.63, 3.8) is 0 Å². The minimum absolute atomic E-state index is 0.00814. The predicted molar refractivity (Wildman–Crippen MR) is 195 cm³/mol. The molecule has 0 unspecified atom stereocenters. The van der Waals surface area contributed by atoms with Crippen LogP contribution in [0.5, 0.6) is 11.5 Å². The van der Waals surface area contributed by atoms with Gasteiger partial charge in [0.05, 0.1) is 17.7 Å². The van der Waals surface area contributed by atoms with Gasteiger partial charge < -0.3 is 35.9 Å². The van der Waals surface area contributed by atoms with Gasteiger partial charge >= 0.3 is 6.09 Å². The van der Waals surface area contributed by atoms with E-state index < -0.39 is 40.8 Å². The smallest absolute Gasteiger partial charge is 0.407 e. The maximum atomic E-state index is 16.0. The van der Waals surface area contributed by atoms with Crippen molar-refractivity contribution in [2.75, 3.05) is 26.7 Å². The highest BCUT2D eigenvalue weighted by molar-refractivity contribution is 6.34. The van der Waals surface area contributed by atoms with Gasteiger partial charge in [0.2, 0.25) is 11.8 Å². The van der Waals surface area contributed by atoms with Gasteiger partial charge in [0, 0.05) is 60.3 Å². The van der Waals surface area contributed by atoms with E-state index in [9.17, 15) is 14.4 Å². The Morgan fingerprint density at radius 3 is 2.31 bits per heavy atom. The lowest BCUT2D eigenvalue weighted by atomic mass is 9.77. The highest BCUT2D eigenvalue weighted by Crippen LogP contribution is 2.56. The number of hydrogen-bond acceptors (Lipinski definition) is 7. The van der Waals surface area contributed by atoms with Crippen LogP contribution in [0.3, 0.4) is 0 Å². The zero-order valence-electron chi connectivity index (χ0n) is 30.2. The molecule has 2 aliphatic rings. The first-order valence-corrected chi connectivity index (χ1v) is 18.0. The van der Waals surface area contributed by atoms with Crippen molar-refractivity contribution in [2.24, 2.45) is 11.7 Å². The standard InChI is InChI=1S/C39H47ClF2N4O6/c1-22-30-29(20-27(41)33(40)32(30)31-26(35(43)47)16-17-28(50-5)34(31)42)51-39(22,24-10-7-6-8-11-24)21-46-25-14-12-23(13-15-25)36(48)44-18-9-19-45-37(49)52-38(2,3)4/h6-8,10-11,16-17,20,22-23,25,46H,9,12-15,18-19,21H2,1-5H3,(H2,43,47)(H,44,48)(H,45,49)/t22-,23?,25?,39-/m0/s1. The van der Waals surface area contributed by atoms with Gasteiger partial charge in [0.15, 0.2) is 17.2 Å². The van der Waals surface area contributed by atoms with Crippen LogP contribution in [0.2, 0.25) is 5.02 Å². The molecule has 1 fully saturated rings. The fraction of sp³-hybridized carbons (Fsp3) is 0.462. The van der Waals surface area contributed by atoms with E-state index in [1.807, 2.05) is 37.3 Å². The van der Waals surface area contributed by atoms with Crippen LogP contribution in [0.25, 0.3) is 11.1 Å². The monoisotopic (exact) mass is 740 g/mol. The molecule has 0 aromatic heterocycles. The molecule has 0 bridgehead atoms. The number of ether oxygens (including phenoxy) is 3. The number of fused-ring (bicyclic) bond motifs is 1. The normalized spacial score (nSPS) is 21.1. The van der Waals surface area contributed by atoms with Gasteiger partial charge in [-0.15, -0.1) is 0 Å². The van der Waals surface area contributed by atoms with Crippen LogP contribution >= 0.6 is 11.6 Å². The van der Waals surface area contributed by atoms with Crippen LogP contribution in [-0.4, -0.2) is 56.3 Å². The van der Waals surface area contributed by atoms with Crippen molar-refractivity contribution < 1.29 is 37.4 Å². The Bertz CT molecular complexity index is 1800. The minimum atomic E-state index is -1.07. The molecule has 280 valence electrons. The minimum Gasteiger partial charge on any atom is -0.494 e. The number of benzene rings is 3. The van der Waals surface area contributed by atoms with Crippen molar-refractivity contribution in [1.82, 2.24) is 16.0 Å². The third kappa shape index (κ3) is 8.28. The summed E-state index contributed by atoms with van der Waals surface area (Å²) >= 11 is 6.62. The second-order valence-electron chi connectivity index (χ2n) is 14.4. The number of halogens is 3. The molecule has 1 aliphatic heterocycles. The highest BCUT2D eigenvalue weighted by atomic mass is 35.5. The third-order valence-corrected chi connectivity index (χ3v) is 10.2. The van der Waals surface area contributed by atoms with Gasteiger partial charge in [-0.25, -0.2) is 13.6 Å². The van der Waals surface area contributed by atoms with Crippen molar-refractivity contribution in [3.05, 3.63) is 81.9 Å². The first-order chi connectivity index (χ1) is 24.7. The maximum absolute atomic E-state index is 16.0. The summed E-state index contributed by atoms with van der Waals surface area (Å²) < 4.78 is 48.8. The summed E-state index contributed by atoms with van der Waals surface area (Å²) in [6.07, 6.45) is 2.95. The van der Waals surface area contributed by atoms with E-state index in [-0.39, 0.29) is 51.1 Å². The second kappa shape index (κ2) is 16.1. The number of hydrogen-bond donors (Lipinski definition) is 4. The number of primary amides is 1. The molecule has 0 saturated heterocycles. The summed E-state index contributed by atoms with van der Waals surface area (Å²) in [5.74, 6) is -3.27. The van der Waals surface area contributed by atoms with Gasteiger partial charge in [-0.3, -0.25) is 9.59 Å². The summed E-state index contributed by atoms with van der Waals surface area (Å²) in [5, 5.41) is 8.97. The number of rotatable bonds is 12. The molecule has 1 heterocycles. The number of nitrogens with one attached hydrogen (secondary N) is 3. The fourth-order valence-electron chi connectivity index (χ4n) is 7.18. The largest absolute Gasteiger partial charge is 0.494 e. The van der Waals surface area contributed by atoms with Crippen molar-refractivity contribution >= 4 is 29.5 Å². The molecule has 1 saturated carbocycles. The molecule has 5 N–H and O–H groups in total. The number of methoxy groups -OCH3 is 1. The van der Waals surface area contributed by atoms with Crippen molar-refractivity contribution in [1.29, 1.82) is 0 Å². The van der Waals surface area contributed by atoms with E-state index >= 15 is 8.78 Å². The molecule has 0 spiro atoms. The van der Waals surface area contributed by atoms with E-state index in [1.54, 1.807) is 20.8 Å². The van der Waals surface area contributed by atoms with E-state index in [2.05, 4.69) is 16.0 Å². The number of amides is 3. The first kappa shape index (κ1) is 38.8. The summed E-state index contributed by atoms with van der Waals surface area (Å²) in [4.78, 5) is 37.3. The van der Waals surface area contributed by atoms with Crippen LogP contribution in [0.4, 0.5) is 13.6 Å². The molecule has 52 heavy (non-hydrogen) atoms. The van der Waals surface area contributed by atoms with Crippen molar-refractivity contribution in [2.45, 2.75) is 83.0 Å². The quantitative estimate of drug-likeness (QED) is 0.147. The summed E-state index contributed by atoms with van der Waals surface area (Å²) in [7, 11) is 1.29. The topological polar surface area (TPSA) is 141 Å². The highest BCUT2D eigenvalue weighted by Gasteiger charge is 2.50. The van der Waals surface area contributed by atoms with E-state index in [0.717, 1.165) is 18.4 Å². The number of alkyl carbamates (subject to hydrolysis) is 1. The second-order valence-corrected chi connectivity index (χ2v) is 14.8. The Balaban J connectivity index is 1.31. The number of carbonyl (C=O) groups is 3. The molecule has 3 aromatic rings. The summed E-state index contributed by atoms with van der Waals surface area (Å²) in [6, 6.07) is 13.4.